The van der Waals surface area contributed by atoms with Crippen LogP contribution in [0.2, 0.25) is 5.02 Å². The molecule has 0 aliphatic heterocycles. The molecule has 1 heterocycles. The first-order chi connectivity index (χ1) is 11.2. The molecular weight excluding hydrogens is 387 g/mol. The molecule has 25 heavy (non-hydrogen) atoms. The van der Waals surface area contributed by atoms with Gasteiger partial charge in [0.1, 0.15) is 17.3 Å². The van der Waals surface area contributed by atoms with Crippen molar-refractivity contribution in [1.29, 1.82) is 0 Å². The van der Waals surface area contributed by atoms with E-state index in [1.165, 1.54) is 0 Å². The molecule has 5 nitrogen and oxygen atoms in total. The van der Waals surface area contributed by atoms with E-state index in [1.54, 1.807) is 7.11 Å². The molecule has 142 valence electrons. The number of aliphatic hydroxyl groups is 1. The maximum Gasteiger partial charge on any atom is 0.137 e. The number of ether oxygens (including phenoxy) is 1. The molecule has 0 amide bonds. The predicted octanol–water partition coefficient (Wildman–Crippen LogP) is 3.51. The van der Waals surface area contributed by atoms with Gasteiger partial charge in [0.25, 0.3) is 0 Å². The van der Waals surface area contributed by atoms with E-state index in [0.29, 0.717) is 23.9 Å². The Kier molecular flexibility index (Phi) is 12.8. The summed E-state index contributed by atoms with van der Waals surface area (Å²) in [6.07, 6.45) is 1.00. The smallest absolute Gasteiger partial charge is 0.137 e. The summed E-state index contributed by atoms with van der Waals surface area (Å²) in [5, 5.41) is 15.7. The fourth-order valence-electron chi connectivity index (χ4n) is 2.20. The molecule has 0 saturated carbocycles. The van der Waals surface area contributed by atoms with E-state index in [1.807, 2.05) is 30.3 Å². The number of methoxy groups -OCH3 is 1. The number of hydrogen-bond acceptors (Lipinski definition) is 5. The first kappa shape index (κ1) is 24.1. The zero-order valence-electron chi connectivity index (χ0n) is 14.1. The van der Waals surface area contributed by atoms with Gasteiger partial charge in [-0.25, -0.2) is 0 Å². The molecule has 8 heteroatoms. The van der Waals surface area contributed by atoms with Crippen LogP contribution in [0, 0.1) is 0 Å². The molecule has 1 aromatic carbocycles. The molecule has 0 saturated heterocycles. The second-order valence-electron chi connectivity index (χ2n) is 5.12. The molecule has 0 aliphatic rings. The van der Waals surface area contributed by atoms with Crippen LogP contribution in [0.15, 0.2) is 34.7 Å². The Labute approximate surface area is 165 Å². The average molecular weight is 412 g/mol. The van der Waals surface area contributed by atoms with E-state index in [9.17, 15) is 0 Å². The van der Waals surface area contributed by atoms with Crippen molar-refractivity contribution in [2.45, 2.75) is 13.0 Å². The van der Waals surface area contributed by atoms with Crippen molar-refractivity contribution in [3.05, 3.63) is 41.1 Å². The zero-order chi connectivity index (χ0) is 16.5. The SMILES string of the molecule is COc1ccc(-c2ccc(CNCCCNCCO)o2)cc1Cl.Cl.Cl. The lowest BCUT2D eigenvalue weighted by atomic mass is 10.2. The average Bonchev–Trinajstić information content (AvgIpc) is 3.03. The molecule has 2 rings (SSSR count). The number of aliphatic hydroxyl groups excluding tert-OH is 1. The second-order valence-corrected chi connectivity index (χ2v) is 5.53. The fourth-order valence-corrected chi connectivity index (χ4v) is 2.46. The second kappa shape index (κ2) is 13.3. The van der Waals surface area contributed by atoms with Gasteiger partial charge in [0.2, 0.25) is 0 Å². The summed E-state index contributed by atoms with van der Waals surface area (Å²) in [5.74, 6) is 2.32. The van der Waals surface area contributed by atoms with Gasteiger partial charge in [-0.3, -0.25) is 0 Å². The molecule has 0 fully saturated rings. The Morgan fingerprint density at radius 1 is 1.08 bits per heavy atom. The van der Waals surface area contributed by atoms with E-state index in [2.05, 4.69) is 10.6 Å². The highest BCUT2D eigenvalue weighted by Gasteiger charge is 2.08. The molecular formula is C17H25Cl3N2O3. The predicted molar refractivity (Wildman–Crippen MR) is 106 cm³/mol. The number of furan rings is 1. The van der Waals surface area contributed by atoms with Gasteiger partial charge in [0.05, 0.1) is 25.3 Å². The van der Waals surface area contributed by atoms with E-state index >= 15 is 0 Å². The molecule has 0 radical (unpaired) electrons. The van der Waals surface area contributed by atoms with Crippen molar-refractivity contribution in [3.63, 3.8) is 0 Å². The summed E-state index contributed by atoms with van der Waals surface area (Å²) in [7, 11) is 1.59. The fraction of sp³-hybridized carbons (Fsp3) is 0.412. The molecule has 0 aliphatic carbocycles. The van der Waals surface area contributed by atoms with Crippen molar-refractivity contribution in [2.24, 2.45) is 0 Å². The van der Waals surface area contributed by atoms with Gasteiger partial charge in [0, 0.05) is 12.1 Å². The summed E-state index contributed by atoms with van der Waals surface area (Å²) in [6.45, 7) is 3.29. The Bertz CT molecular complexity index is 609. The Hall–Kier alpha value is -0.950. The third kappa shape index (κ3) is 7.86. The molecule has 1 aromatic heterocycles. The first-order valence-electron chi connectivity index (χ1n) is 7.69. The van der Waals surface area contributed by atoms with Crippen molar-refractivity contribution < 1.29 is 14.3 Å². The highest BCUT2D eigenvalue weighted by atomic mass is 35.5. The van der Waals surface area contributed by atoms with Crippen LogP contribution in [0.5, 0.6) is 5.75 Å². The number of hydrogen-bond donors (Lipinski definition) is 3. The molecule has 2 aromatic rings. The van der Waals surface area contributed by atoms with Gasteiger partial charge in [-0.15, -0.1) is 24.8 Å². The minimum Gasteiger partial charge on any atom is -0.495 e. The van der Waals surface area contributed by atoms with Crippen LogP contribution >= 0.6 is 36.4 Å². The Morgan fingerprint density at radius 2 is 1.84 bits per heavy atom. The van der Waals surface area contributed by atoms with E-state index in [0.717, 1.165) is 36.6 Å². The standard InChI is InChI=1S/C17H23ClN2O3.2ClH/c1-22-17-5-3-13(11-15(17)18)16-6-4-14(23-16)12-20-8-2-7-19-9-10-21;;/h3-6,11,19-21H,2,7-10,12H2,1H3;2*1H. The number of halogens is 3. The normalized spacial score (nSPS) is 10.0. The summed E-state index contributed by atoms with van der Waals surface area (Å²) >= 11 is 6.14. The third-order valence-electron chi connectivity index (χ3n) is 3.39. The van der Waals surface area contributed by atoms with E-state index in [4.69, 9.17) is 25.9 Å². The van der Waals surface area contributed by atoms with E-state index < -0.39 is 0 Å². The molecule has 0 bridgehead atoms. The van der Waals surface area contributed by atoms with Gasteiger partial charge < -0.3 is 24.9 Å². The summed E-state index contributed by atoms with van der Waals surface area (Å²) in [6, 6.07) is 9.50. The van der Waals surface area contributed by atoms with Gasteiger partial charge in [-0.05, 0) is 49.8 Å². The Balaban J connectivity index is 0.00000288. The summed E-state index contributed by atoms with van der Waals surface area (Å²) in [4.78, 5) is 0. The van der Waals surface area contributed by atoms with Crippen LogP contribution in [0.25, 0.3) is 11.3 Å². The van der Waals surface area contributed by atoms with Crippen molar-refractivity contribution in [3.8, 4) is 17.1 Å². The lowest BCUT2D eigenvalue weighted by molar-refractivity contribution is 0.292. The van der Waals surface area contributed by atoms with E-state index in [-0.39, 0.29) is 31.4 Å². The molecule has 0 spiro atoms. The van der Waals surface area contributed by atoms with Crippen LogP contribution in [-0.2, 0) is 6.54 Å². The highest BCUT2D eigenvalue weighted by molar-refractivity contribution is 6.32. The third-order valence-corrected chi connectivity index (χ3v) is 3.69. The monoisotopic (exact) mass is 410 g/mol. The van der Waals surface area contributed by atoms with Crippen LogP contribution in [0.3, 0.4) is 0 Å². The van der Waals surface area contributed by atoms with Crippen molar-refractivity contribution in [1.82, 2.24) is 10.6 Å². The van der Waals surface area contributed by atoms with Crippen molar-refractivity contribution in [2.75, 3.05) is 33.4 Å². The highest BCUT2D eigenvalue weighted by Crippen LogP contribution is 2.31. The lowest BCUT2D eigenvalue weighted by Gasteiger charge is -2.05. The first-order valence-corrected chi connectivity index (χ1v) is 8.07. The van der Waals surface area contributed by atoms with Gasteiger partial charge in [-0.1, -0.05) is 11.6 Å². The topological polar surface area (TPSA) is 66.7 Å². The molecule has 3 N–H and O–H groups in total. The Morgan fingerprint density at radius 3 is 2.52 bits per heavy atom. The minimum absolute atomic E-state index is 0. The van der Waals surface area contributed by atoms with Crippen LogP contribution in [0.1, 0.15) is 12.2 Å². The zero-order valence-corrected chi connectivity index (χ0v) is 16.5. The molecule has 0 unspecified atom stereocenters. The van der Waals surface area contributed by atoms with Gasteiger partial charge >= 0.3 is 0 Å². The van der Waals surface area contributed by atoms with Crippen LogP contribution < -0.4 is 15.4 Å². The van der Waals surface area contributed by atoms with Crippen molar-refractivity contribution >= 4 is 36.4 Å². The summed E-state index contributed by atoms with van der Waals surface area (Å²) in [5.41, 5.74) is 0.926. The summed E-state index contributed by atoms with van der Waals surface area (Å²) < 4.78 is 11.0. The maximum absolute atomic E-state index is 8.65. The number of nitrogens with one attached hydrogen (secondary N) is 2. The quantitative estimate of drug-likeness (QED) is 0.522. The largest absolute Gasteiger partial charge is 0.495 e. The van der Waals surface area contributed by atoms with Crippen LogP contribution in [-0.4, -0.2) is 38.5 Å². The van der Waals surface area contributed by atoms with Gasteiger partial charge in [0.15, 0.2) is 0 Å². The van der Waals surface area contributed by atoms with Gasteiger partial charge in [-0.2, -0.15) is 0 Å². The maximum atomic E-state index is 8.65. The number of rotatable bonds is 10. The molecule has 0 atom stereocenters. The minimum atomic E-state index is 0. The number of benzene rings is 1. The van der Waals surface area contributed by atoms with Crippen LogP contribution in [0.4, 0.5) is 0 Å². The lowest BCUT2D eigenvalue weighted by Crippen LogP contribution is -2.23.